The van der Waals surface area contributed by atoms with E-state index in [9.17, 15) is 29.6 Å². The Labute approximate surface area is 154 Å². The van der Waals surface area contributed by atoms with Crippen LogP contribution in [0.1, 0.15) is 29.8 Å². The van der Waals surface area contributed by atoms with E-state index in [2.05, 4.69) is 10.6 Å². The number of benzene rings is 2. The predicted molar refractivity (Wildman–Crippen MR) is 96.7 cm³/mol. The van der Waals surface area contributed by atoms with Crippen molar-refractivity contribution in [2.75, 3.05) is 5.32 Å². The molecular formula is C18H17N3O6. The normalized spacial score (nSPS) is 12.5. The zero-order valence-electron chi connectivity index (χ0n) is 14.6. The molecule has 9 heteroatoms. The second-order valence-electron chi connectivity index (χ2n) is 5.95. The molecule has 0 radical (unpaired) electrons. The van der Waals surface area contributed by atoms with Crippen LogP contribution < -0.4 is 10.6 Å². The summed E-state index contributed by atoms with van der Waals surface area (Å²) in [7, 11) is 0. The van der Waals surface area contributed by atoms with E-state index >= 15 is 0 Å². The Morgan fingerprint density at radius 1 is 1.04 bits per heavy atom. The van der Waals surface area contributed by atoms with Crippen molar-refractivity contribution in [3.05, 3.63) is 69.8 Å². The lowest BCUT2D eigenvalue weighted by Gasteiger charge is -2.26. The number of non-ortho nitro benzene ring substituents is 1. The van der Waals surface area contributed by atoms with Crippen LogP contribution in [0.4, 0.5) is 16.2 Å². The lowest BCUT2D eigenvalue weighted by molar-refractivity contribution is -0.384. The number of nitrogens with zero attached hydrogens (tertiary/aromatic N) is 1. The molecular weight excluding hydrogens is 354 g/mol. The number of ketones is 1. The van der Waals surface area contributed by atoms with E-state index in [4.69, 9.17) is 0 Å². The highest BCUT2D eigenvalue weighted by atomic mass is 16.6. The van der Waals surface area contributed by atoms with Gasteiger partial charge in [0.15, 0.2) is 11.3 Å². The van der Waals surface area contributed by atoms with Crippen molar-refractivity contribution in [3.8, 4) is 0 Å². The predicted octanol–water partition coefficient (Wildman–Crippen LogP) is 2.92. The topological polar surface area (TPSA) is 139 Å². The number of aliphatic carboxylic acids is 1. The maximum absolute atomic E-state index is 12.2. The molecule has 2 aromatic rings. The van der Waals surface area contributed by atoms with Crippen LogP contribution in [0.5, 0.6) is 0 Å². The maximum atomic E-state index is 12.2. The first kappa shape index (κ1) is 19.6. The average Bonchev–Trinajstić information content (AvgIpc) is 2.61. The molecule has 27 heavy (non-hydrogen) atoms. The van der Waals surface area contributed by atoms with Gasteiger partial charge in [-0.25, -0.2) is 9.59 Å². The minimum Gasteiger partial charge on any atom is -0.479 e. The Kier molecular flexibility index (Phi) is 5.54. The fraction of sp³-hybridized carbons (Fsp3) is 0.167. The summed E-state index contributed by atoms with van der Waals surface area (Å²) in [4.78, 5) is 45.4. The van der Waals surface area contributed by atoms with E-state index in [1.807, 2.05) is 0 Å². The van der Waals surface area contributed by atoms with Crippen LogP contribution in [0.2, 0.25) is 0 Å². The number of carbonyl (C=O) groups excluding carboxylic acids is 2. The molecule has 3 N–H and O–H groups in total. The number of amides is 2. The lowest BCUT2D eigenvalue weighted by Crippen LogP contribution is -2.51. The number of nitro benzene ring substituents is 1. The molecule has 0 aliphatic carbocycles. The number of hydrogen-bond acceptors (Lipinski definition) is 5. The van der Waals surface area contributed by atoms with Crippen molar-refractivity contribution in [1.82, 2.24) is 5.32 Å². The lowest BCUT2D eigenvalue weighted by atomic mass is 9.92. The molecule has 0 saturated heterocycles. The Balaban J connectivity index is 2.18. The van der Waals surface area contributed by atoms with E-state index in [0.29, 0.717) is 11.3 Å². The zero-order valence-corrected chi connectivity index (χ0v) is 14.6. The summed E-state index contributed by atoms with van der Waals surface area (Å²) in [5, 5.41) is 25.1. The SMILES string of the molecule is CC(=O)c1ccc(NC(=O)NC(C)(C(=O)O)c2ccc([N+](=O)[O-])cc2)cc1. The fourth-order valence-electron chi connectivity index (χ4n) is 2.34. The highest BCUT2D eigenvalue weighted by molar-refractivity contribution is 5.96. The van der Waals surface area contributed by atoms with Crippen molar-refractivity contribution < 1.29 is 24.4 Å². The molecule has 0 aromatic heterocycles. The van der Waals surface area contributed by atoms with E-state index in [0.717, 1.165) is 12.1 Å². The van der Waals surface area contributed by atoms with Crippen LogP contribution in [0.3, 0.4) is 0 Å². The number of Topliss-reactive ketones (excluding diaryl/α,β-unsaturated/α-hetero) is 1. The van der Waals surface area contributed by atoms with Crippen molar-refractivity contribution in [2.24, 2.45) is 0 Å². The van der Waals surface area contributed by atoms with Gasteiger partial charge in [0.25, 0.3) is 5.69 Å². The second-order valence-corrected chi connectivity index (χ2v) is 5.95. The first-order valence-corrected chi connectivity index (χ1v) is 7.82. The number of nitro groups is 1. The molecule has 2 aromatic carbocycles. The summed E-state index contributed by atoms with van der Waals surface area (Å²) in [5.74, 6) is -1.46. The quantitative estimate of drug-likeness (QED) is 0.405. The highest BCUT2D eigenvalue weighted by Gasteiger charge is 2.37. The minimum absolute atomic E-state index is 0.123. The van der Waals surface area contributed by atoms with Crippen LogP contribution in [-0.4, -0.2) is 27.8 Å². The molecule has 0 aliphatic heterocycles. The minimum atomic E-state index is -1.81. The van der Waals surface area contributed by atoms with Gasteiger partial charge in [-0.05, 0) is 55.8 Å². The largest absolute Gasteiger partial charge is 0.479 e. The number of nitrogens with one attached hydrogen (secondary N) is 2. The Morgan fingerprint density at radius 2 is 1.59 bits per heavy atom. The summed E-state index contributed by atoms with van der Waals surface area (Å²) in [5.41, 5.74) is -0.987. The molecule has 9 nitrogen and oxygen atoms in total. The number of anilines is 1. The van der Waals surface area contributed by atoms with Gasteiger partial charge in [-0.2, -0.15) is 0 Å². The number of carbonyl (C=O) groups is 3. The third-order valence-corrected chi connectivity index (χ3v) is 4.00. The van der Waals surface area contributed by atoms with Crippen LogP contribution in [-0.2, 0) is 10.3 Å². The van der Waals surface area contributed by atoms with Gasteiger partial charge in [0.2, 0.25) is 0 Å². The highest BCUT2D eigenvalue weighted by Crippen LogP contribution is 2.24. The van der Waals surface area contributed by atoms with Crippen LogP contribution >= 0.6 is 0 Å². The second kappa shape index (κ2) is 7.65. The van der Waals surface area contributed by atoms with Gasteiger partial charge in [-0.3, -0.25) is 14.9 Å². The van der Waals surface area contributed by atoms with Gasteiger partial charge in [-0.1, -0.05) is 0 Å². The number of carboxylic acids is 1. The monoisotopic (exact) mass is 371 g/mol. The van der Waals surface area contributed by atoms with Gasteiger partial charge in [0.1, 0.15) is 0 Å². The van der Waals surface area contributed by atoms with Crippen molar-refractivity contribution in [2.45, 2.75) is 19.4 Å². The average molecular weight is 371 g/mol. The fourth-order valence-corrected chi connectivity index (χ4v) is 2.34. The molecule has 0 bridgehead atoms. The van der Waals surface area contributed by atoms with Gasteiger partial charge in [-0.15, -0.1) is 0 Å². The zero-order chi connectivity index (χ0) is 20.2. The summed E-state index contributed by atoms with van der Waals surface area (Å²) in [6.45, 7) is 2.69. The molecule has 2 amide bonds. The smallest absolute Gasteiger partial charge is 0.333 e. The van der Waals surface area contributed by atoms with Gasteiger partial charge >= 0.3 is 12.0 Å². The third kappa shape index (κ3) is 4.46. The number of carboxylic acid groups (broad SMARTS) is 1. The van der Waals surface area contributed by atoms with Crippen molar-refractivity contribution >= 4 is 29.2 Å². The molecule has 0 saturated carbocycles. The molecule has 140 valence electrons. The molecule has 0 heterocycles. The van der Waals surface area contributed by atoms with Crippen LogP contribution in [0.15, 0.2) is 48.5 Å². The maximum Gasteiger partial charge on any atom is 0.333 e. The Morgan fingerprint density at radius 3 is 2.04 bits per heavy atom. The molecule has 0 fully saturated rings. The molecule has 0 spiro atoms. The summed E-state index contributed by atoms with van der Waals surface area (Å²) in [6, 6.07) is 10.2. The van der Waals surface area contributed by atoms with E-state index in [1.54, 1.807) is 0 Å². The van der Waals surface area contributed by atoms with E-state index < -0.39 is 22.5 Å². The molecule has 1 atom stereocenters. The van der Waals surface area contributed by atoms with E-state index in [1.165, 1.54) is 50.2 Å². The van der Waals surface area contributed by atoms with Gasteiger partial charge in [0.05, 0.1) is 4.92 Å². The summed E-state index contributed by atoms with van der Waals surface area (Å²) >= 11 is 0. The van der Waals surface area contributed by atoms with Crippen molar-refractivity contribution in [3.63, 3.8) is 0 Å². The number of hydrogen-bond donors (Lipinski definition) is 3. The number of urea groups is 1. The van der Waals surface area contributed by atoms with Crippen LogP contribution in [0, 0.1) is 10.1 Å². The van der Waals surface area contributed by atoms with Gasteiger partial charge in [0, 0.05) is 23.4 Å². The Hall–Kier alpha value is -3.75. The third-order valence-electron chi connectivity index (χ3n) is 4.00. The molecule has 0 aliphatic rings. The van der Waals surface area contributed by atoms with E-state index in [-0.39, 0.29) is 17.0 Å². The molecule has 1 unspecified atom stereocenters. The summed E-state index contributed by atoms with van der Waals surface area (Å²) < 4.78 is 0. The Bertz CT molecular complexity index is 892. The molecule has 2 rings (SSSR count). The number of rotatable bonds is 6. The van der Waals surface area contributed by atoms with Crippen molar-refractivity contribution in [1.29, 1.82) is 0 Å². The summed E-state index contributed by atoms with van der Waals surface area (Å²) in [6.07, 6.45) is 0. The van der Waals surface area contributed by atoms with Gasteiger partial charge < -0.3 is 15.7 Å². The standard InChI is InChI=1S/C18H17N3O6/c1-11(22)12-3-7-14(8-4-12)19-17(25)20-18(2,16(23)24)13-5-9-15(10-6-13)21(26)27/h3-10H,1-2H3,(H,23,24)(H2,19,20,25). The first-order valence-electron chi connectivity index (χ1n) is 7.82. The first-order chi connectivity index (χ1) is 12.6. The van der Waals surface area contributed by atoms with Crippen LogP contribution in [0.25, 0.3) is 0 Å².